The van der Waals surface area contributed by atoms with Gasteiger partial charge in [0, 0.05) is 18.8 Å². The topological polar surface area (TPSA) is 63.7 Å². The molecule has 2 aromatic heterocycles. The molecule has 1 amide bonds. The molecule has 22 heavy (non-hydrogen) atoms. The van der Waals surface area contributed by atoms with Crippen LogP contribution in [-0.2, 0) is 9.59 Å². The fraction of sp³-hybridized carbons (Fsp3) is 0.412. The summed E-state index contributed by atoms with van der Waals surface area (Å²) in [6.07, 6.45) is 3.12. The van der Waals surface area contributed by atoms with Crippen LogP contribution in [0.4, 0.5) is 0 Å². The fourth-order valence-electron chi connectivity index (χ4n) is 3.46. The summed E-state index contributed by atoms with van der Waals surface area (Å²) < 4.78 is 11.0. The first-order chi connectivity index (χ1) is 10.5. The number of Topliss-reactive ketones (excluding diaryl/α,β-unsaturated/α-hetero) is 1. The van der Waals surface area contributed by atoms with Gasteiger partial charge >= 0.3 is 0 Å². The van der Waals surface area contributed by atoms with Crippen molar-refractivity contribution in [2.45, 2.75) is 32.9 Å². The van der Waals surface area contributed by atoms with Crippen molar-refractivity contribution in [1.29, 1.82) is 0 Å². The number of furan rings is 2. The van der Waals surface area contributed by atoms with E-state index in [1.54, 1.807) is 41.7 Å². The Morgan fingerprint density at radius 1 is 1.00 bits per heavy atom. The number of hydrogen-bond acceptors (Lipinski definition) is 4. The Kier molecular flexibility index (Phi) is 3.64. The largest absolute Gasteiger partial charge is 0.467 e. The highest BCUT2D eigenvalue weighted by Crippen LogP contribution is 2.46. The van der Waals surface area contributed by atoms with Gasteiger partial charge in [0.2, 0.25) is 5.91 Å². The number of carbonyl (C=O) groups excluding carboxylic acids is 2. The summed E-state index contributed by atoms with van der Waals surface area (Å²) in [6.45, 7) is 5.21. The molecule has 0 radical (unpaired) electrons. The summed E-state index contributed by atoms with van der Waals surface area (Å²) in [5.41, 5.74) is 0. The molecule has 0 saturated carbocycles. The third kappa shape index (κ3) is 2.17. The quantitative estimate of drug-likeness (QED) is 0.853. The van der Waals surface area contributed by atoms with Crippen molar-refractivity contribution in [2.75, 3.05) is 0 Å². The van der Waals surface area contributed by atoms with Gasteiger partial charge in [0.1, 0.15) is 17.3 Å². The maximum absolute atomic E-state index is 12.7. The van der Waals surface area contributed by atoms with E-state index < -0.39 is 12.1 Å². The molecule has 5 nitrogen and oxygen atoms in total. The predicted molar refractivity (Wildman–Crippen MR) is 78.8 cm³/mol. The van der Waals surface area contributed by atoms with E-state index in [1.165, 1.54) is 6.92 Å². The van der Waals surface area contributed by atoms with E-state index in [4.69, 9.17) is 8.83 Å². The van der Waals surface area contributed by atoms with Gasteiger partial charge in [-0.1, -0.05) is 13.8 Å². The molecule has 2 aromatic rings. The van der Waals surface area contributed by atoms with Crippen molar-refractivity contribution in [3.05, 3.63) is 48.3 Å². The second-order valence-corrected chi connectivity index (χ2v) is 5.83. The number of amides is 1. The second-order valence-electron chi connectivity index (χ2n) is 5.83. The third-order valence-corrected chi connectivity index (χ3v) is 4.48. The zero-order chi connectivity index (χ0) is 15.9. The van der Waals surface area contributed by atoms with E-state index in [0.29, 0.717) is 11.5 Å². The van der Waals surface area contributed by atoms with Gasteiger partial charge in [0.05, 0.1) is 24.6 Å². The molecule has 0 bridgehead atoms. The standard InChI is InChI=1S/C17H19NO4/c1-10-15(13-6-4-8-21-13)18(12(3)19)16(11(2)17(10)20)14-7-5-9-22-14/h4-11,15-16H,1-3H3. The summed E-state index contributed by atoms with van der Waals surface area (Å²) in [5.74, 6) is 0.612. The Balaban J connectivity index is 2.12. The average Bonchev–Trinajstić information content (AvgIpc) is 3.17. The van der Waals surface area contributed by atoms with Crippen molar-refractivity contribution in [3.63, 3.8) is 0 Å². The average molecular weight is 301 g/mol. The summed E-state index contributed by atoms with van der Waals surface area (Å²) in [4.78, 5) is 26.7. The maximum atomic E-state index is 12.7. The molecule has 0 aromatic carbocycles. The van der Waals surface area contributed by atoms with E-state index >= 15 is 0 Å². The first kappa shape index (κ1) is 14.6. The number of piperidine rings is 1. The van der Waals surface area contributed by atoms with Crippen LogP contribution in [0.3, 0.4) is 0 Å². The Morgan fingerprint density at radius 3 is 1.77 bits per heavy atom. The molecule has 0 aliphatic carbocycles. The van der Waals surface area contributed by atoms with Gasteiger partial charge in [-0.2, -0.15) is 0 Å². The molecule has 4 atom stereocenters. The summed E-state index contributed by atoms with van der Waals surface area (Å²) in [7, 11) is 0. The molecule has 116 valence electrons. The normalized spacial score (nSPS) is 28.9. The van der Waals surface area contributed by atoms with Crippen molar-refractivity contribution in [1.82, 2.24) is 4.90 Å². The highest BCUT2D eigenvalue weighted by atomic mass is 16.3. The van der Waals surface area contributed by atoms with Gasteiger partial charge in [-0.25, -0.2) is 0 Å². The van der Waals surface area contributed by atoms with Crippen LogP contribution < -0.4 is 0 Å². The van der Waals surface area contributed by atoms with Crippen LogP contribution in [0.1, 0.15) is 44.4 Å². The Labute approximate surface area is 128 Å². The predicted octanol–water partition coefficient (Wildman–Crippen LogP) is 3.36. The van der Waals surface area contributed by atoms with Crippen molar-refractivity contribution in [2.24, 2.45) is 11.8 Å². The first-order valence-electron chi connectivity index (χ1n) is 7.41. The van der Waals surface area contributed by atoms with Crippen LogP contribution in [0.2, 0.25) is 0 Å². The van der Waals surface area contributed by atoms with Crippen LogP contribution in [0, 0.1) is 11.8 Å². The van der Waals surface area contributed by atoms with Crippen LogP contribution >= 0.6 is 0 Å². The lowest BCUT2D eigenvalue weighted by molar-refractivity contribution is -0.151. The fourth-order valence-corrected chi connectivity index (χ4v) is 3.46. The molecule has 4 unspecified atom stereocenters. The summed E-state index contributed by atoms with van der Waals surface area (Å²) >= 11 is 0. The molecule has 1 saturated heterocycles. The maximum Gasteiger partial charge on any atom is 0.220 e. The zero-order valence-corrected chi connectivity index (χ0v) is 12.9. The van der Waals surface area contributed by atoms with Gasteiger partial charge in [-0.05, 0) is 24.3 Å². The van der Waals surface area contributed by atoms with Crippen LogP contribution in [0.5, 0.6) is 0 Å². The highest BCUT2D eigenvalue weighted by molar-refractivity contribution is 5.88. The monoisotopic (exact) mass is 301 g/mol. The van der Waals surface area contributed by atoms with E-state index in [9.17, 15) is 9.59 Å². The Bertz CT molecular complexity index is 609. The van der Waals surface area contributed by atoms with E-state index in [2.05, 4.69) is 0 Å². The Hall–Kier alpha value is -2.30. The minimum Gasteiger partial charge on any atom is -0.467 e. The lowest BCUT2D eigenvalue weighted by atomic mass is 9.77. The van der Waals surface area contributed by atoms with Gasteiger partial charge in [0.25, 0.3) is 0 Å². The van der Waals surface area contributed by atoms with Crippen LogP contribution in [-0.4, -0.2) is 16.6 Å². The van der Waals surface area contributed by atoms with Crippen LogP contribution in [0.25, 0.3) is 0 Å². The number of nitrogens with zero attached hydrogens (tertiary/aromatic N) is 1. The molecule has 1 aliphatic heterocycles. The smallest absolute Gasteiger partial charge is 0.220 e. The van der Waals surface area contributed by atoms with E-state index in [0.717, 1.165) is 0 Å². The zero-order valence-electron chi connectivity index (χ0n) is 12.9. The SMILES string of the molecule is CC(=O)N1C(c2ccco2)C(C)C(=O)C(C)C1c1ccco1. The minimum atomic E-state index is -0.411. The van der Waals surface area contributed by atoms with Crippen molar-refractivity contribution >= 4 is 11.7 Å². The third-order valence-electron chi connectivity index (χ3n) is 4.48. The number of rotatable bonds is 2. The summed E-state index contributed by atoms with van der Waals surface area (Å²) in [5, 5.41) is 0. The molecule has 1 fully saturated rings. The molecule has 5 heteroatoms. The van der Waals surface area contributed by atoms with Gasteiger partial charge in [0.15, 0.2) is 0 Å². The van der Waals surface area contributed by atoms with E-state index in [1.807, 2.05) is 13.8 Å². The number of ketones is 1. The summed E-state index contributed by atoms with van der Waals surface area (Å²) in [6, 6.07) is 6.33. The minimum absolute atomic E-state index is 0.103. The van der Waals surface area contributed by atoms with Crippen molar-refractivity contribution < 1.29 is 18.4 Å². The Morgan fingerprint density at radius 2 is 1.45 bits per heavy atom. The number of likely N-dealkylation sites (tertiary alicyclic amines) is 1. The molecule has 0 N–H and O–H groups in total. The highest BCUT2D eigenvalue weighted by Gasteiger charge is 2.49. The molecule has 3 rings (SSSR count). The van der Waals surface area contributed by atoms with Crippen molar-refractivity contribution in [3.8, 4) is 0 Å². The van der Waals surface area contributed by atoms with Gasteiger partial charge < -0.3 is 13.7 Å². The van der Waals surface area contributed by atoms with Gasteiger partial charge in [-0.15, -0.1) is 0 Å². The molecule has 0 spiro atoms. The lowest BCUT2D eigenvalue weighted by Gasteiger charge is -2.45. The molecular weight excluding hydrogens is 282 g/mol. The van der Waals surface area contributed by atoms with Crippen LogP contribution in [0.15, 0.2) is 45.6 Å². The van der Waals surface area contributed by atoms with E-state index in [-0.39, 0.29) is 23.5 Å². The second kappa shape index (κ2) is 5.48. The number of hydrogen-bond donors (Lipinski definition) is 0. The van der Waals surface area contributed by atoms with Gasteiger partial charge in [-0.3, -0.25) is 9.59 Å². The number of carbonyl (C=O) groups is 2. The molecule has 3 heterocycles. The molecular formula is C17H19NO4. The lowest BCUT2D eigenvalue weighted by Crippen LogP contribution is -2.50. The molecule has 1 aliphatic rings. The first-order valence-corrected chi connectivity index (χ1v) is 7.41.